The highest BCUT2D eigenvalue weighted by atomic mass is 35.5. The number of rotatable bonds is 2. The fraction of sp³-hybridized carbons (Fsp3) is 0.182. The van der Waals surface area contributed by atoms with Crippen LogP contribution in [-0.2, 0) is 4.74 Å². The fourth-order valence-corrected chi connectivity index (χ4v) is 1.73. The third-order valence-electron chi connectivity index (χ3n) is 2.17. The number of carbonyl (C=O) groups is 1. The van der Waals surface area contributed by atoms with Crippen LogP contribution in [0.1, 0.15) is 17.5 Å². The lowest BCUT2D eigenvalue weighted by atomic mass is 10.2. The molecule has 1 heterocycles. The highest BCUT2D eigenvalue weighted by Gasteiger charge is 2.22. The lowest BCUT2D eigenvalue weighted by molar-refractivity contribution is 0.0488. The van der Waals surface area contributed by atoms with Crippen LogP contribution < -0.4 is 0 Å². The molecule has 0 radical (unpaired) electrons. The summed E-state index contributed by atoms with van der Waals surface area (Å²) in [6.07, 6.45) is 0. The Hall–Kier alpha value is -1.39. The first-order chi connectivity index (χ1) is 8.04. The van der Waals surface area contributed by atoms with Crippen molar-refractivity contribution in [2.45, 2.75) is 6.92 Å². The van der Waals surface area contributed by atoms with Crippen LogP contribution in [0, 0.1) is 0 Å². The van der Waals surface area contributed by atoms with Crippen molar-refractivity contribution >= 4 is 40.1 Å². The van der Waals surface area contributed by atoms with E-state index >= 15 is 0 Å². The van der Waals surface area contributed by atoms with Gasteiger partial charge in [-0.15, -0.1) is 0 Å². The van der Waals surface area contributed by atoms with E-state index in [9.17, 15) is 9.90 Å². The smallest absolute Gasteiger partial charge is 0.378 e. The van der Waals surface area contributed by atoms with Gasteiger partial charge in [-0.05, 0) is 13.0 Å². The van der Waals surface area contributed by atoms with Gasteiger partial charge in [0.05, 0.1) is 22.0 Å². The first-order valence-corrected chi connectivity index (χ1v) is 5.57. The molecule has 0 amide bonds. The molecule has 0 saturated carbocycles. The monoisotopic (exact) mass is 274 g/mol. The van der Waals surface area contributed by atoms with Gasteiger partial charge in [0.15, 0.2) is 5.75 Å². The molecule has 90 valence electrons. The Kier molecular flexibility index (Phi) is 3.17. The van der Waals surface area contributed by atoms with Crippen LogP contribution in [0.5, 0.6) is 5.75 Å². The number of hydrogen-bond acceptors (Lipinski definition) is 4. The highest BCUT2D eigenvalue weighted by molar-refractivity contribution is 6.42. The van der Waals surface area contributed by atoms with Gasteiger partial charge in [-0.1, -0.05) is 23.2 Å². The standard InChI is InChI=1S/C11H8Cl2O4/c1-2-16-11(15)10-9(14)5-3-6(12)7(13)4-8(5)17-10/h3-4,14H,2H2,1H3. The van der Waals surface area contributed by atoms with Gasteiger partial charge >= 0.3 is 5.97 Å². The van der Waals surface area contributed by atoms with Crippen molar-refractivity contribution in [1.82, 2.24) is 0 Å². The third kappa shape index (κ3) is 2.06. The predicted molar refractivity (Wildman–Crippen MR) is 63.9 cm³/mol. The first kappa shape index (κ1) is 12.1. The Morgan fingerprint density at radius 3 is 2.71 bits per heavy atom. The summed E-state index contributed by atoms with van der Waals surface area (Å²) in [6, 6.07) is 2.86. The highest BCUT2D eigenvalue weighted by Crippen LogP contribution is 2.37. The molecule has 0 aliphatic heterocycles. The number of halogens is 2. The number of benzene rings is 1. The Labute approximate surface area is 107 Å². The van der Waals surface area contributed by atoms with Crippen LogP contribution in [-0.4, -0.2) is 17.7 Å². The van der Waals surface area contributed by atoms with Crippen LogP contribution in [0.2, 0.25) is 10.0 Å². The van der Waals surface area contributed by atoms with Crippen LogP contribution >= 0.6 is 23.2 Å². The molecule has 2 aromatic rings. The summed E-state index contributed by atoms with van der Waals surface area (Å²) < 4.78 is 9.92. The number of aromatic hydroxyl groups is 1. The maximum Gasteiger partial charge on any atom is 0.378 e. The minimum absolute atomic E-state index is 0.191. The normalized spacial score (nSPS) is 10.8. The second-order valence-corrected chi connectivity index (χ2v) is 4.08. The van der Waals surface area contributed by atoms with Gasteiger partial charge in [-0.2, -0.15) is 0 Å². The molecule has 0 aliphatic carbocycles. The molecule has 0 unspecified atom stereocenters. The van der Waals surface area contributed by atoms with Crippen molar-refractivity contribution in [3.63, 3.8) is 0 Å². The lowest BCUT2D eigenvalue weighted by Crippen LogP contribution is -2.02. The van der Waals surface area contributed by atoms with E-state index < -0.39 is 5.97 Å². The summed E-state index contributed by atoms with van der Waals surface area (Å²) in [5, 5.41) is 10.7. The van der Waals surface area contributed by atoms with Crippen molar-refractivity contribution in [2.75, 3.05) is 6.61 Å². The van der Waals surface area contributed by atoms with Crippen LogP contribution in [0.3, 0.4) is 0 Å². The number of carbonyl (C=O) groups excluding carboxylic acids is 1. The summed E-state index contributed by atoms with van der Waals surface area (Å²) in [5.41, 5.74) is 0.278. The largest absolute Gasteiger partial charge is 0.504 e. The van der Waals surface area contributed by atoms with E-state index in [1.807, 2.05) is 0 Å². The number of hydrogen-bond donors (Lipinski definition) is 1. The van der Waals surface area contributed by atoms with Crippen LogP contribution in [0.4, 0.5) is 0 Å². The summed E-state index contributed by atoms with van der Waals surface area (Å²) in [7, 11) is 0. The first-order valence-electron chi connectivity index (χ1n) is 4.82. The average Bonchev–Trinajstić information content (AvgIpc) is 2.58. The second-order valence-electron chi connectivity index (χ2n) is 3.26. The average molecular weight is 275 g/mol. The van der Waals surface area contributed by atoms with Crippen molar-refractivity contribution in [1.29, 1.82) is 0 Å². The molecule has 0 atom stereocenters. The topological polar surface area (TPSA) is 59.7 Å². The van der Waals surface area contributed by atoms with E-state index in [2.05, 4.69) is 0 Å². The molecule has 17 heavy (non-hydrogen) atoms. The zero-order valence-corrected chi connectivity index (χ0v) is 10.3. The zero-order valence-electron chi connectivity index (χ0n) is 8.79. The van der Waals surface area contributed by atoms with Crippen LogP contribution in [0.25, 0.3) is 11.0 Å². The van der Waals surface area contributed by atoms with E-state index in [0.717, 1.165) is 0 Å². The molecule has 0 spiro atoms. The molecule has 1 aromatic carbocycles. The number of furan rings is 1. The Bertz CT molecular complexity index is 589. The molecule has 6 heteroatoms. The molecule has 0 bridgehead atoms. The molecule has 2 rings (SSSR count). The fourth-order valence-electron chi connectivity index (χ4n) is 1.41. The molecule has 0 aliphatic rings. The van der Waals surface area contributed by atoms with E-state index in [-0.39, 0.29) is 33.7 Å². The van der Waals surface area contributed by atoms with Gasteiger partial charge < -0.3 is 14.3 Å². The Balaban J connectivity index is 2.60. The van der Waals surface area contributed by atoms with Crippen molar-refractivity contribution in [3.8, 4) is 5.75 Å². The molecule has 1 N–H and O–H groups in total. The predicted octanol–water partition coefficient (Wildman–Crippen LogP) is 3.62. The minimum Gasteiger partial charge on any atom is -0.504 e. The quantitative estimate of drug-likeness (QED) is 0.850. The van der Waals surface area contributed by atoms with Crippen molar-refractivity contribution in [3.05, 3.63) is 27.9 Å². The van der Waals surface area contributed by atoms with Gasteiger partial charge in [-0.3, -0.25) is 0 Å². The van der Waals surface area contributed by atoms with Crippen LogP contribution in [0.15, 0.2) is 16.5 Å². The van der Waals surface area contributed by atoms with Crippen molar-refractivity contribution < 1.29 is 19.1 Å². The van der Waals surface area contributed by atoms with Gasteiger partial charge in [0.1, 0.15) is 5.58 Å². The lowest BCUT2D eigenvalue weighted by Gasteiger charge is -1.97. The molecular formula is C11H8Cl2O4. The van der Waals surface area contributed by atoms with Gasteiger partial charge in [0.25, 0.3) is 5.76 Å². The zero-order chi connectivity index (χ0) is 12.6. The summed E-state index contributed by atoms with van der Waals surface area (Å²) >= 11 is 11.6. The Morgan fingerprint density at radius 1 is 1.41 bits per heavy atom. The number of ether oxygens (including phenoxy) is 1. The van der Waals surface area contributed by atoms with E-state index in [1.165, 1.54) is 12.1 Å². The third-order valence-corrected chi connectivity index (χ3v) is 2.89. The van der Waals surface area contributed by atoms with Gasteiger partial charge in [0, 0.05) is 6.07 Å². The molecule has 0 fully saturated rings. The maximum atomic E-state index is 11.5. The molecular weight excluding hydrogens is 267 g/mol. The summed E-state index contributed by atoms with van der Waals surface area (Å²) in [5.74, 6) is -1.27. The SMILES string of the molecule is CCOC(=O)c1oc2cc(Cl)c(Cl)cc2c1O. The van der Waals surface area contributed by atoms with E-state index in [0.29, 0.717) is 5.39 Å². The molecule has 0 saturated heterocycles. The van der Waals surface area contributed by atoms with E-state index in [1.54, 1.807) is 6.92 Å². The summed E-state index contributed by atoms with van der Waals surface area (Å²) in [4.78, 5) is 11.5. The van der Waals surface area contributed by atoms with Crippen molar-refractivity contribution in [2.24, 2.45) is 0 Å². The molecule has 1 aromatic heterocycles. The Morgan fingerprint density at radius 2 is 2.06 bits per heavy atom. The van der Waals surface area contributed by atoms with Gasteiger partial charge in [0.2, 0.25) is 0 Å². The number of esters is 1. The maximum absolute atomic E-state index is 11.5. The van der Waals surface area contributed by atoms with E-state index in [4.69, 9.17) is 32.4 Å². The minimum atomic E-state index is -0.728. The second kappa shape index (κ2) is 4.47. The van der Waals surface area contributed by atoms with Gasteiger partial charge in [-0.25, -0.2) is 4.79 Å². The summed E-state index contributed by atoms with van der Waals surface area (Å²) in [6.45, 7) is 1.85. The number of fused-ring (bicyclic) bond motifs is 1. The molecule has 4 nitrogen and oxygen atoms in total.